The van der Waals surface area contributed by atoms with Crippen molar-refractivity contribution < 1.29 is 14.7 Å². The van der Waals surface area contributed by atoms with Gasteiger partial charge in [-0.1, -0.05) is 11.6 Å². The fraction of sp³-hybridized carbons (Fsp3) is 0.308. The molecule has 1 aliphatic carbocycles. The van der Waals surface area contributed by atoms with Crippen molar-refractivity contribution in [3.63, 3.8) is 0 Å². The number of aliphatic carboxylic acids is 1. The summed E-state index contributed by atoms with van der Waals surface area (Å²) in [5, 5.41) is 14.2. The number of halogens is 1. The van der Waals surface area contributed by atoms with Gasteiger partial charge in [-0.25, -0.2) is 9.78 Å². The number of carbonyl (C=O) groups excluding carboxylic acids is 1. The Morgan fingerprint density at radius 1 is 1.38 bits per heavy atom. The zero-order chi connectivity index (χ0) is 15.0. The monoisotopic (exact) mass is 342 g/mol. The minimum Gasteiger partial charge on any atom is -0.480 e. The van der Waals surface area contributed by atoms with Crippen LogP contribution >= 0.6 is 34.3 Å². The Kier molecular flexibility index (Phi) is 3.73. The van der Waals surface area contributed by atoms with Crippen molar-refractivity contribution in [3.05, 3.63) is 27.5 Å². The van der Waals surface area contributed by atoms with E-state index in [2.05, 4.69) is 10.3 Å². The average molecular weight is 343 g/mol. The molecule has 0 saturated heterocycles. The van der Waals surface area contributed by atoms with Gasteiger partial charge in [0.25, 0.3) is 5.91 Å². The minimum absolute atomic E-state index is 0.243. The number of hydrogen-bond acceptors (Lipinski definition) is 5. The van der Waals surface area contributed by atoms with Crippen LogP contribution < -0.4 is 5.32 Å². The summed E-state index contributed by atoms with van der Waals surface area (Å²) in [5.41, 5.74) is -0.875. The van der Waals surface area contributed by atoms with Crippen LogP contribution in [0.1, 0.15) is 29.8 Å². The van der Waals surface area contributed by atoms with E-state index >= 15 is 0 Å². The average Bonchev–Trinajstić information content (AvgIpc) is 3.01. The van der Waals surface area contributed by atoms with Crippen LogP contribution in [-0.4, -0.2) is 27.5 Å². The topological polar surface area (TPSA) is 79.3 Å². The first kappa shape index (κ1) is 14.5. The predicted octanol–water partition coefficient (Wildman–Crippen LogP) is 3.26. The van der Waals surface area contributed by atoms with Crippen LogP contribution in [0.5, 0.6) is 0 Å². The SMILES string of the molecule is O=C(NC1(C(=O)O)CCC1)c1csc(-c2ccc(Cl)s2)n1. The van der Waals surface area contributed by atoms with Gasteiger partial charge in [-0.2, -0.15) is 0 Å². The number of carbonyl (C=O) groups is 2. The Hall–Kier alpha value is -1.44. The highest BCUT2D eigenvalue weighted by atomic mass is 35.5. The van der Waals surface area contributed by atoms with Crippen LogP contribution in [0.15, 0.2) is 17.5 Å². The maximum Gasteiger partial charge on any atom is 0.329 e. The van der Waals surface area contributed by atoms with E-state index in [4.69, 9.17) is 11.6 Å². The molecule has 21 heavy (non-hydrogen) atoms. The first-order valence-corrected chi connectivity index (χ1v) is 8.35. The van der Waals surface area contributed by atoms with Crippen molar-refractivity contribution in [3.8, 4) is 9.88 Å². The number of rotatable bonds is 4. The number of thiazole rings is 1. The lowest BCUT2D eigenvalue weighted by Gasteiger charge is -2.37. The van der Waals surface area contributed by atoms with Crippen LogP contribution in [-0.2, 0) is 4.79 Å². The van der Waals surface area contributed by atoms with Crippen molar-refractivity contribution in [1.29, 1.82) is 0 Å². The number of nitrogens with zero attached hydrogens (tertiary/aromatic N) is 1. The van der Waals surface area contributed by atoms with Gasteiger partial charge in [0.1, 0.15) is 16.2 Å². The van der Waals surface area contributed by atoms with E-state index in [1.807, 2.05) is 6.07 Å². The van der Waals surface area contributed by atoms with Crippen LogP contribution in [0.4, 0.5) is 0 Å². The van der Waals surface area contributed by atoms with Crippen molar-refractivity contribution in [2.45, 2.75) is 24.8 Å². The van der Waals surface area contributed by atoms with Gasteiger partial charge in [0.2, 0.25) is 0 Å². The molecular weight excluding hydrogens is 332 g/mol. The predicted molar refractivity (Wildman–Crippen MR) is 82.1 cm³/mol. The largest absolute Gasteiger partial charge is 0.480 e. The summed E-state index contributed by atoms with van der Waals surface area (Å²) in [7, 11) is 0. The highest BCUT2D eigenvalue weighted by Gasteiger charge is 2.46. The molecule has 2 aromatic rings. The second kappa shape index (κ2) is 5.40. The lowest BCUT2D eigenvalue weighted by molar-refractivity contribution is -0.148. The molecule has 0 bridgehead atoms. The van der Waals surface area contributed by atoms with Gasteiger partial charge >= 0.3 is 5.97 Å². The van der Waals surface area contributed by atoms with Gasteiger partial charge in [0, 0.05) is 5.38 Å². The van der Waals surface area contributed by atoms with Crippen LogP contribution in [0, 0.1) is 0 Å². The van der Waals surface area contributed by atoms with E-state index < -0.39 is 17.4 Å². The molecule has 1 aliphatic rings. The van der Waals surface area contributed by atoms with E-state index in [0.717, 1.165) is 11.3 Å². The molecule has 3 rings (SSSR count). The lowest BCUT2D eigenvalue weighted by Crippen LogP contribution is -2.59. The normalized spacial score (nSPS) is 16.2. The van der Waals surface area contributed by atoms with Crippen LogP contribution in [0.25, 0.3) is 9.88 Å². The molecule has 0 aliphatic heterocycles. The van der Waals surface area contributed by atoms with Gasteiger partial charge in [-0.05, 0) is 31.4 Å². The fourth-order valence-electron chi connectivity index (χ4n) is 2.12. The standard InChI is InChI=1S/C13H11ClN2O3S2/c14-9-3-2-8(21-9)11-15-7(6-20-11)10(17)16-13(12(18)19)4-1-5-13/h2-3,6H,1,4-5H2,(H,16,17)(H,18,19). The summed E-state index contributed by atoms with van der Waals surface area (Å²) in [6.07, 6.45) is 1.74. The quantitative estimate of drug-likeness (QED) is 0.893. The van der Waals surface area contributed by atoms with E-state index in [9.17, 15) is 14.7 Å². The molecule has 1 saturated carbocycles. The number of nitrogens with one attached hydrogen (secondary N) is 1. The molecule has 110 valence electrons. The zero-order valence-electron chi connectivity index (χ0n) is 10.8. The van der Waals surface area contributed by atoms with Gasteiger partial charge in [0.15, 0.2) is 0 Å². The molecule has 5 nitrogen and oxygen atoms in total. The Balaban J connectivity index is 1.77. The maximum absolute atomic E-state index is 12.2. The molecule has 0 spiro atoms. The third-order valence-corrected chi connectivity index (χ3v) is 5.73. The van der Waals surface area contributed by atoms with Gasteiger partial charge in [-0.3, -0.25) is 4.79 Å². The summed E-state index contributed by atoms with van der Waals surface area (Å²) in [4.78, 5) is 28.6. The van der Waals surface area contributed by atoms with Crippen molar-refractivity contribution in [2.24, 2.45) is 0 Å². The number of thiophene rings is 1. The molecule has 1 fully saturated rings. The van der Waals surface area contributed by atoms with Gasteiger partial charge < -0.3 is 10.4 Å². The summed E-state index contributed by atoms with van der Waals surface area (Å²) in [5.74, 6) is -1.43. The third-order valence-electron chi connectivity index (χ3n) is 3.49. The third kappa shape index (κ3) is 2.68. The highest BCUT2D eigenvalue weighted by Crippen LogP contribution is 2.34. The van der Waals surface area contributed by atoms with E-state index in [1.54, 1.807) is 11.4 Å². The summed E-state index contributed by atoms with van der Waals surface area (Å²) < 4.78 is 0.658. The maximum atomic E-state index is 12.2. The molecule has 8 heteroatoms. The lowest BCUT2D eigenvalue weighted by atomic mass is 9.76. The van der Waals surface area contributed by atoms with Crippen LogP contribution in [0.3, 0.4) is 0 Å². The molecule has 0 radical (unpaired) electrons. The van der Waals surface area contributed by atoms with Gasteiger partial charge in [-0.15, -0.1) is 22.7 Å². The smallest absolute Gasteiger partial charge is 0.329 e. The second-order valence-electron chi connectivity index (χ2n) is 4.84. The van der Waals surface area contributed by atoms with Gasteiger partial charge in [0.05, 0.1) is 9.21 Å². The zero-order valence-corrected chi connectivity index (χ0v) is 13.1. The van der Waals surface area contributed by atoms with Crippen molar-refractivity contribution >= 4 is 46.2 Å². The highest BCUT2D eigenvalue weighted by molar-refractivity contribution is 7.23. The fourth-order valence-corrected chi connectivity index (χ4v) is 4.04. The number of aromatic nitrogens is 1. The second-order valence-corrected chi connectivity index (χ2v) is 7.41. The summed E-state index contributed by atoms with van der Waals surface area (Å²) in [6.45, 7) is 0. The van der Waals surface area contributed by atoms with Crippen molar-refractivity contribution in [1.82, 2.24) is 10.3 Å². The first-order chi connectivity index (χ1) is 10.00. The van der Waals surface area contributed by atoms with Crippen LogP contribution in [0.2, 0.25) is 4.34 Å². The summed E-state index contributed by atoms with van der Waals surface area (Å²) in [6, 6.07) is 3.62. The number of carboxylic acids is 1. The molecule has 0 atom stereocenters. The van der Waals surface area contributed by atoms with E-state index in [-0.39, 0.29) is 5.69 Å². The van der Waals surface area contributed by atoms with E-state index in [1.165, 1.54) is 22.7 Å². The first-order valence-electron chi connectivity index (χ1n) is 6.27. The Labute approximate surface area is 133 Å². The Morgan fingerprint density at radius 2 is 2.14 bits per heavy atom. The molecule has 1 amide bonds. The molecular formula is C13H11ClN2O3S2. The molecule has 2 heterocycles. The number of amides is 1. The summed E-state index contributed by atoms with van der Waals surface area (Å²) >= 11 is 8.60. The minimum atomic E-state index is -1.12. The molecule has 2 aromatic heterocycles. The molecule has 0 unspecified atom stereocenters. The van der Waals surface area contributed by atoms with E-state index in [0.29, 0.717) is 22.2 Å². The van der Waals surface area contributed by atoms with Crippen molar-refractivity contribution in [2.75, 3.05) is 0 Å². The molecule has 2 N–H and O–H groups in total. The number of hydrogen-bond donors (Lipinski definition) is 2. The Bertz CT molecular complexity index is 706. The number of carboxylic acid groups (broad SMARTS) is 1. The molecule has 0 aromatic carbocycles. The Morgan fingerprint density at radius 3 is 2.67 bits per heavy atom.